The van der Waals surface area contributed by atoms with Crippen molar-refractivity contribution < 1.29 is 0 Å². The third-order valence-electron chi connectivity index (χ3n) is 3.82. The van der Waals surface area contributed by atoms with Crippen molar-refractivity contribution in [1.29, 1.82) is 0 Å². The first-order valence-corrected chi connectivity index (χ1v) is 8.77. The van der Waals surface area contributed by atoms with E-state index in [2.05, 4.69) is 49.7 Å². The van der Waals surface area contributed by atoms with Gasteiger partial charge in [-0.15, -0.1) is 5.10 Å². The van der Waals surface area contributed by atoms with Gasteiger partial charge in [-0.2, -0.15) is 0 Å². The third kappa shape index (κ3) is 3.30. The molecule has 112 valence electrons. The Morgan fingerprint density at radius 2 is 2.14 bits per heavy atom. The van der Waals surface area contributed by atoms with E-state index in [1.54, 1.807) is 11.8 Å². The Morgan fingerprint density at radius 1 is 1.38 bits per heavy atom. The van der Waals surface area contributed by atoms with Gasteiger partial charge < -0.3 is 5.73 Å². The fourth-order valence-electron chi connectivity index (χ4n) is 2.61. The predicted molar refractivity (Wildman–Crippen MR) is 86.2 cm³/mol. The minimum Gasteiger partial charge on any atom is -0.324 e. The number of hydrogen-bond acceptors (Lipinski definition) is 5. The second kappa shape index (κ2) is 6.46. The summed E-state index contributed by atoms with van der Waals surface area (Å²) in [4.78, 5) is 1.11. The molecule has 1 aliphatic rings. The second-order valence-electron chi connectivity index (χ2n) is 5.42. The Kier molecular flexibility index (Phi) is 4.61. The van der Waals surface area contributed by atoms with Crippen LogP contribution in [0.5, 0.6) is 0 Å². The van der Waals surface area contributed by atoms with Crippen LogP contribution in [0.1, 0.15) is 50.3 Å². The SMILES string of the molecule is CC(N)c1ccc(Sc2nnnn2C2CCCC2)c(Br)c1. The van der Waals surface area contributed by atoms with E-state index in [1.807, 2.05) is 11.6 Å². The fourth-order valence-corrected chi connectivity index (χ4v) is 4.10. The second-order valence-corrected chi connectivity index (χ2v) is 7.29. The van der Waals surface area contributed by atoms with Crippen LogP contribution in [0.4, 0.5) is 0 Å². The van der Waals surface area contributed by atoms with Gasteiger partial charge in [-0.3, -0.25) is 0 Å². The van der Waals surface area contributed by atoms with Gasteiger partial charge in [0.25, 0.3) is 0 Å². The van der Waals surface area contributed by atoms with Gasteiger partial charge in [0, 0.05) is 15.4 Å². The molecule has 1 heterocycles. The van der Waals surface area contributed by atoms with E-state index >= 15 is 0 Å². The van der Waals surface area contributed by atoms with Crippen LogP contribution in [-0.2, 0) is 0 Å². The maximum absolute atomic E-state index is 5.91. The number of tetrazole rings is 1. The molecule has 0 radical (unpaired) electrons. The van der Waals surface area contributed by atoms with Crippen LogP contribution < -0.4 is 5.73 Å². The third-order valence-corrected chi connectivity index (χ3v) is 5.76. The average molecular weight is 368 g/mol. The molecular weight excluding hydrogens is 350 g/mol. The Bertz CT molecular complexity index is 622. The van der Waals surface area contributed by atoms with Gasteiger partial charge in [0.05, 0.1) is 6.04 Å². The van der Waals surface area contributed by atoms with Gasteiger partial charge in [-0.25, -0.2) is 4.68 Å². The average Bonchev–Trinajstić information content (AvgIpc) is 3.11. The van der Waals surface area contributed by atoms with Crippen molar-refractivity contribution in [2.45, 2.75) is 54.7 Å². The zero-order valence-corrected chi connectivity index (χ0v) is 14.3. The van der Waals surface area contributed by atoms with Crippen molar-refractivity contribution in [1.82, 2.24) is 20.2 Å². The van der Waals surface area contributed by atoms with Gasteiger partial charge in [-0.1, -0.05) is 18.9 Å². The van der Waals surface area contributed by atoms with Crippen molar-refractivity contribution in [2.24, 2.45) is 5.73 Å². The molecule has 1 unspecified atom stereocenters. The largest absolute Gasteiger partial charge is 0.324 e. The van der Waals surface area contributed by atoms with E-state index in [4.69, 9.17) is 5.73 Å². The minimum atomic E-state index is 0.0316. The van der Waals surface area contributed by atoms with Crippen LogP contribution in [-0.4, -0.2) is 20.2 Å². The van der Waals surface area contributed by atoms with E-state index in [-0.39, 0.29) is 6.04 Å². The van der Waals surface area contributed by atoms with E-state index in [9.17, 15) is 0 Å². The lowest BCUT2D eigenvalue weighted by atomic mass is 10.1. The molecule has 0 spiro atoms. The number of nitrogens with two attached hydrogens (primary N) is 1. The molecule has 0 amide bonds. The van der Waals surface area contributed by atoms with Gasteiger partial charge in [-0.05, 0) is 75.6 Å². The molecule has 2 aromatic rings. The predicted octanol–water partition coefficient (Wildman–Crippen LogP) is 3.72. The fraction of sp³-hybridized carbons (Fsp3) is 0.500. The van der Waals surface area contributed by atoms with E-state index in [0.717, 1.165) is 20.1 Å². The molecule has 1 saturated carbocycles. The molecule has 3 rings (SSSR count). The zero-order chi connectivity index (χ0) is 14.8. The van der Waals surface area contributed by atoms with Crippen LogP contribution in [0, 0.1) is 0 Å². The molecule has 1 aliphatic carbocycles. The first-order valence-electron chi connectivity index (χ1n) is 7.16. The molecule has 0 aliphatic heterocycles. The highest BCUT2D eigenvalue weighted by Crippen LogP contribution is 2.37. The summed E-state index contributed by atoms with van der Waals surface area (Å²) < 4.78 is 3.01. The summed E-state index contributed by atoms with van der Waals surface area (Å²) >= 11 is 5.21. The van der Waals surface area contributed by atoms with Crippen LogP contribution in [0.2, 0.25) is 0 Å². The number of rotatable bonds is 4. The van der Waals surface area contributed by atoms with Crippen LogP contribution in [0.15, 0.2) is 32.7 Å². The van der Waals surface area contributed by atoms with Crippen LogP contribution in [0.3, 0.4) is 0 Å². The van der Waals surface area contributed by atoms with E-state index < -0.39 is 0 Å². The topological polar surface area (TPSA) is 69.6 Å². The lowest BCUT2D eigenvalue weighted by molar-refractivity contribution is 0.423. The summed E-state index contributed by atoms with van der Waals surface area (Å²) in [7, 11) is 0. The zero-order valence-electron chi connectivity index (χ0n) is 11.9. The highest BCUT2D eigenvalue weighted by Gasteiger charge is 2.22. The monoisotopic (exact) mass is 367 g/mol. The summed E-state index contributed by atoms with van der Waals surface area (Å²) in [5.74, 6) is 0. The molecule has 0 bridgehead atoms. The van der Waals surface area contributed by atoms with Gasteiger partial charge in [0.1, 0.15) is 0 Å². The molecule has 1 aromatic carbocycles. The van der Waals surface area contributed by atoms with Gasteiger partial charge in [0.15, 0.2) is 0 Å². The van der Waals surface area contributed by atoms with E-state index in [1.165, 1.54) is 25.7 Å². The van der Waals surface area contributed by atoms with Gasteiger partial charge >= 0.3 is 0 Å². The Balaban J connectivity index is 1.82. The molecule has 1 aromatic heterocycles. The molecule has 21 heavy (non-hydrogen) atoms. The normalized spacial score (nSPS) is 17.3. The maximum atomic E-state index is 5.91. The van der Waals surface area contributed by atoms with Crippen LogP contribution >= 0.6 is 27.7 Å². The molecular formula is C14H18BrN5S. The summed E-state index contributed by atoms with van der Waals surface area (Å²) in [6, 6.07) is 6.67. The van der Waals surface area contributed by atoms with Crippen molar-refractivity contribution >= 4 is 27.7 Å². The number of halogens is 1. The highest BCUT2D eigenvalue weighted by molar-refractivity contribution is 9.10. The summed E-state index contributed by atoms with van der Waals surface area (Å²) in [5, 5.41) is 13.0. The van der Waals surface area contributed by atoms with E-state index in [0.29, 0.717) is 6.04 Å². The maximum Gasteiger partial charge on any atom is 0.214 e. The number of hydrogen-bond donors (Lipinski definition) is 1. The summed E-state index contributed by atoms with van der Waals surface area (Å²) in [6.45, 7) is 1.98. The molecule has 0 saturated heterocycles. The number of aromatic nitrogens is 4. The number of benzene rings is 1. The standard InChI is InChI=1S/C14H18BrN5S/c1-9(16)10-6-7-13(12(15)8-10)21-14-17-18-19-20(14)11-4-2-3-5-11/h6-9,11H,2-5,16H2,1H3. The van der Waals surface area contributed by atoms with Crippen molar-refractivity contribution in [3.05, 3.63) is 28.2 Å². The quantitative estimate of drug-likeness (QED) is 0.891. The van der Waals surface area contributed by atoms with Crippen molar-refractivity contribution in [3.63, 3.8) is 0 Å². The smallest absolute Gasteiger partial charge is 0.214 e. The molecule has 7 heteroatoms. The Morgan fingerprint density at radius 3 is 2.81 bits per heavy atom. The lowest BCUT2D eigenvalue weighted by Gasteiger charge is -2.12. The summed E-state index contributed by atoms with van der Waals surface area (Å²) in [5.41, 5.74) is 7.02. The molecule has 2 N–H and O–H groups in total. The Labute approximate surface area is 136 Å². The highest BCUT2D eigenvalue weighted by atomic mass is 79.9. The molecule has 1 atom stereocenters. The summed E-state index contributed by atoms with van der Waals surface area (Å²) in [6.07, 6.45) is 4.87. The number of nitrogens with zero attached hydrogens (tertiary/aromatic N) is 4. The van der Waals surface area contributed by atoms with Crippen molar-refractivity contribution in [3.8, 4) is 0 Å². The first-order chi connectivity index (χ1) is 10.1. The molecule has 1 fully saturated rings. The van der Waals surface area contributed by atoms with Crippen molar-refractivity contribution in [2.75, 3.05) is 0 Å². The lowest BCUT2D eigenvalue weighted by Crippen LogP contribution is -2.08. The molecule has 5 nitrogen and oxygen atoms in total. The minimum absolute atomic E-state index is 0.0316. The first kappa shape index (κ1) is 15.0. The Hall–Kier alpha value is -0.920. The van der Waals surface area contributed by atoms with Gasteiger partial charge in [0.2, 0.25) is 5.16 Å². The van der Waals surface area contributed by atoms with Crippen LogP contribution in [0.25, 0.3) is 0 Å².